The quantitative estimate of drug-likeness (QED) is 0.105. The first-order chi connectivity index (χ1) is 22.2. The van der Waals surface area contributed by atoms with Crippen molar-refractivity contribution in [3.05, 3.63) is 95.1 Å². The minimum Gasteiger partial charge on any atom is -0.216 e. The smallest absolute Gasteiger partial charge is 0.169 e. The van der Waals surface area contributed by atoms with Crippen LogP contribution < -0.4 is 0 Å². The summed E-state index contributed by atoms with van der Waals surface area (Å²) in [5.74, 6) is 0. The molecule has 2 heterocycles. The molecule has 0 fully saturated rings. The van der Waals surface area contributed by atoms with E-state index in [0.29, 0.717) is 10.3 Å². The van der Waals surface area contributed by atoms with Crippen molar-refractivity contribution >= 4 is 28.3 Å². The Hall–Kier alpha value is -1.00. The molecule has 2 unspecified atom stereocenters. The number of hydrogen-bond acceptors (Lipinski definition) is 0. The van der Waals surface area contributed by atoms with E-state index in [9.17, 15) is 0 Å². The fourth-order valence-corrected chi connectivity index (χ4v) is 7.84. The second-order valence-electron chi connectivity index (χ2n) is 16.0. The Bertz CT molecular complexity index is 1390. The summed E-state index contributed by atoms with van der Waals surface area (Å²) in [6, 6.07) is 9.04. The van der Waals surface area contributed by atoms with Crippen LogP contribution >= 0.6 is 28.3 Å². The van der Waals surface area contributed by atoms with Crippen molar-refractivity contribution in [1.29, 1.82) is 0 Å². The maximum Gasteiger partial charge on any atom is 0.169 e. The third-order valence-electron chi connectivity index (χ3n) is 8.57. The summed E-state index contributed by atoms with van der Waals surface area (Å²) in [6.45, 7) is 40.6. The molecular formula is C43H79ClN4Ni2P2+4. The van der Waals surface area contributed by atoms with Crippen molar-refractivity contribution in [2.45, 2.75) is 154 Å². The number of rotatable bonds is 6. The number of imidazole rings is 2. The third-order valence-corrected chi connectivity index (χ3v) is 15.4. The predicted molar refractivity (Wildman–Crippen MR) is 239 cm³/mol. The summed E-state index contributed by atoms with van der Waals surface area (Å²) >= 11 is 0. The van der Waals surface area contributed by atoms with Gasteiger partial charge in [0.1, 0.15) is 36.2 Å². The molecule has 0 saturated heterocycles. The van der Waals surface area contributed by atoms with Gasteiger partial charge in [0.2, 0.25) is 0 Å². The van der Waals surface area contributed by atoms with E-state index in [-0.39, 0.29) is 52.8 Å². The zero-order valence-electron chi connectivity index (χ0n) is 35.4. The maximum absolute atomic E-state index is 2.43. The molecule has 4 aromatic rings. The van der Waals surface area contributed by atoms with E-state index < -0.39 is 15.8 Å². The molecule has 0 aliphatic carbocycles. The van der Waals surface area contributed by atoms with E-state index in [1.165, 1.54) is 57.6 Å². The summed E-state index contributed by atoms with van der Waals surface area (Å²) in [6.07, 6.45) is 18.1. The minimum atomic E-state index is -0.403. The second kappa shape index (κ2) is 26.7. The predicted octanol–water partition coefficient (Wildman–Crippen LogP) is 14.1. The molecule has 2 aromatic carbocycles. The fraction of sp³-hybridized carbons (Fsp3) is 0.581. The number of benzene rings is 2. The molecule has 0 aliphatic rings. The topological polar surface area (TPSA) is 19.7 Å². The van der Waals surface area contributed by atoms with Crippen LogP contribution in [-0.2, 0) is 45.6 Å². The number of nitrogens with zero attached hydrogens (tertiary/aromatic N) is 4. The van der Waals surface area contributed by atoms with Crippen molar-refractivity contribution in [3.8, 4) is 11.4 Å². The number of aryl methyl sites for hydroxylation is 6. The molecule has 0 N–H and O–H groups in total. The fourth-order valence-electron chi connectivity index (χ4n) is 5.42. The Morgan fingerprint density at radius 1 is 0.519 bits per heavy atom. The Morgan fingerprint density at radius 2 is 0.750 bits per heavy atom. The van der Waals surface area contributed by atoms with Crippen molar-refractivity contribution < 1.29 is 33.0 Å². The van der Waals surface area contributed by atoms with E-state index in [0.717, 1.165) is 12.6 Å². The first-order valence-corrected chi connectivity index (χ1v) is 22.6. The van der Waals surface area contributed by atoms with Gasteiger partial charge in [-0.1, -0.05) is 48.0 Å². The van der Waals surface area contributed by atoms with Crippen molar-refractivity contribution in [1.82, 2.24) is 18.3 Å². The molecule has 0 amide bonds. The zero-order valence-corrected chi connectivity index (χ0v) is 40.2. The molecule has 304 valence electrons. The number of halogens is 1. The Labute approximate surface area is 351 Å². The van der Waals surface area contributed by atoms with Gasteiger partial charge in [-0.15, -0.1) is 12.4 Å². The van der Waals surface area contributed by atoms with Gasteiger partial charge in [-0.2, -0.15) is 9.13 Å². The summed E-state index contributed by atoms with van der Waals surface area (Å²) in [5, 5.41) is 0.880. The van der Waals surface area contributed by atoms with Gasteiger partial charge in [-0.25, -0.2) is 9.13 Å². The first-order valence-electron chi connectivity index (χ1n) is 18.2. The van der Waals surface area contributed by atoms with Gasteiger partial charge in [0.25, 0.3) is 0 Å². The van der Waals surface area contributed by atoms with E-state index in [2.05, 4.69) is 204 Å². The molecule has 9 heteroatoms. The molecular weight excluding hydrogens is 787 g/mol. The third kappa shape index (κ3) is 19.0. The Kier molecular flexibility index (Phi) is 29.7. The van der Waals surface area contributed by atoms with Gasteiger partial charge < -0.3 is 0 Å². The summed E-state index contributed by atoms with van der Waals surface area (Å²) < 4.78 is 9.22. The van der Waals surface area contributed by atoms with Gasteiger partial charge >= 0.3 is 0 Å². The molecule has 52 heavy (non-hydrogen) atoms. The standard InChI is InChI=1S/2C18H28N2P.2C3H8.CH4.ClH.2Ni/c2*1-14-10-15(2)17(16(3)11-14)20-9-8-19(12-20)13-21(7)18(4,5)6;2*1-3-2;;;;/h2*8-12H,13H2,1-7H3;2*3H2,1-2H3;1H4;1H;;/q2*+1;;;;;;/p+2. The first kappa shape index (κ1) is 57.7. The van der Waals surface area contributed by atoms with Crippen molar-refractivity contribution in [3.63, 3.8) is 0 Å². The van der Waals surface area contributed by atoms with Crippen LogP contribution in [-0.4, -0.2) is 41.9 Å². The Balaban J connectivity index is -0.000000360. The van der Waals surface area contributed by atoms with Crippen molar-refractivity contribution in [2.75, 3.05) is 13.3 Å². The molecule has 0 radical (unpaired) electrons. The summed E-state index contributed by atoms with van der Waals surface area (Å²) in [4.78, 5) is 0. The average Bonchev–Trinajstić information content (AvgIpc) is 3.57. The number of aromatic nitrogens is 4. The summed E-state index contributed by atoms with van der Waals surface area (Å²) in [5.41, 5.74) is 10.7. The molecule has 2 aromatic heterocycles. The van der Waals surface area contributed by atoms with E-state index in [1.54, 1.807) is 0 Å². The van der Waals surface area contributed by atoms with Crippen LogP contribution in [0.5, 0.6) is 0 Å². The SMILES string of the molecule is C.CCC.CCC.Cc1cc(C)c(-n2ccn(C[PH+](C)C(C)(C)C)[cH+]2)c(C)c1.Cc1cc(C)c(-n2ccn(C[PH+](C)C(C)(C)C)[cH+]2)c(C)c1.Cl.[Ni].[Ni]. The molecule has 2 atom stereocenters. The van der Waals surface area contributed by atoms with E-state index >= 15 is 0 Å². The van der Waals surface area contributed by atoms with Gasteiger partial charge in [-0.3, -0.25) is 0 Å². The van der Waals surface area contributed by atoms with Crippen molar-refractivity contribution in [2.24, 2.45) is 0 Å². The van der Waals surface area contributed by atoms with Gasteiger partial charge in [-0.05, 0) is 118 Å². The van der Waals surface area contributed by atoms with Crippen LogP contribution in [0, 0.1) is 41.5 Å². The molecule has 0 aliphatic heterocycles. The van der Waals surface area contributed by atoms with Crippen LogP contribution in [0.4, 0.5) is 0 Å². The van der Waals surface area contributed by atoms with Crippen LogP contribution in [0.2, 0.25) is 0 Å². The minimum absolute atomic E-state index is 0. The molecule has 0 saturated carbocycles. The van der Waals surface area contributed by atoms with Gasteiger partial charge in [0, 0.05) is 84.4 Å². The van der Waals surface area contributed by atoms with Crippen LogP contribution in [0.15, 0.2) is 61.7 Å². The Morgan fingerprint density at radius 3 is 0.962 bits per heavy atom. The van der Waals surface area contributed by atoms with E-state index in [1.807, 2.05) is 0 Å². The van der Waals surface area contributed by atoms with Crippen LogP contribution in [0.1, 0.15) is 123 Å². The second-order valence-corrected chi connectivity index (χ2v) is 22.7. The molecule has 0 bridgehead atoms. The number of hydrogen-bond donors (Lipinski definition) is 0. The van der Waals surface area contributed by atoms with Gasteiger partial charge in [0.15, 0.2) is 25.2 Å². The summed E-state index contributed by atoms with van der Waals surface area (Å²) in [7, 11) is -0.805. The molecule has 4 nitrogen and oxygen atoms in total. The van der Waals surface area contributed by atoms with Gasteiger partial charge in [0.05, 0.1) is 10.3 Å². The molecule has 4 rings (SSSR count). The van der Waals surface area contributed by atoms with Crippen LogP contribution in [0.25, 0.3) is 11.4 Å². The van der Waals surface area contributed by atoms with E-state index in [4.69, 9.17) is 0 Å². The normalized spacial score (nSPS) is 11.6. The largest absolute Gasteiger partial charge is 0.216 e. The maximum atomic E-state index is 2.43. The van der Waals surface area contributed by atoms with Crippen LogP contribution in [0.3, 0.4) is 0 Å². The zero-order chi connectivity index (χ0) is 37.0. The monoisotopic (exact) mass is 864 g/mol. The average molecular weight is 867 g/mol. The molecule has 0 spiro atoms.